The number of hydrogen-bond donors (Lipinski definition) is 0. The van der Waals surface area contributed by atoms with Crippen LogP contribution in [0.25, 0.3) is 71.3 Å². The van der Waals surface area contributed by atoms with Crippen molar-refractivity contribution in [2.75, 3.05) is 4.90 Å². The van der Waals surface area contributed by atoms with Crippen LogP contribution in [-0.2, 0) is 0 Å². The first-order chi connectivity index (χ1) is 33.8. The fraction of sp³-hybridized carbons (Fsp3) is 0. The summed E-state index contributed by atoms with van der Waals surface area (Å²) in [6.45, 7) is 0. The Morgan fingerprint density at radius 1 is 0.353 bits per heavy atom. The maximum atomic E-state index is 6.42. The molecule has 13 rings (SSSR count). The van der Waals surface area contributed by atoms with Crippen molar-refractivity contribution in [3.05, 3.63) is 267 Å². The zero-order valence-electron chi connectivity index (χ0n) is 37.2. The lowest BCUT2D eigenvalue weighted by Crippen LogP contribution is -2.74. The molecule has 0 atom stereocenters. The predicted octanol–water partition coefficient (Wildman–Crippen LogP) is 14.4. The SMILES string of the molecule is c1ccc(-c2ccc3ccccc3c2-n2c3ccccc3c3c(N(c4ccc([Si](c5ccccc5)(c5ccccc5)c5ccccc5)cc4)c4ccc5oc6ccccc6c5c4)cccc32)cc1. The van der Waals surface area contributed by atoms with Gasteiger partial charge in [-0.1, -0.05) is 212 Å². The minimum absolute atomic E-state index is 0.869. The Hall–Kier alpha value is -8.70. The van der Waals surface area contributed by atoms with E-state index in [1.165, 1.54) is 59.1 Å². The molecule has 11 aromatic carbocycles. The van der Waals surface area contributed by atoms with E-state index >= 15 is 0 Å². The van der Waals surface area contributed by atoms with Crippen molar-refractivity contribution in [1.82, 2.24) is 4.57 Å². The number of para-hydroxylation sites is 2. The quantitative estimate of drug-likeness (QED) is 0.106. The summed E-state index contributed by atoms with van der Waals surface area (Å²) in [5.41, 5.74) is 10.8. The van der Waals surface area contributed by atoms with Crippen LogP contribution in [0.2, 0.25) is 0 Å². The monoisotopic (exact) mass is 884 g/mol. The van der Waals surface area contributed by atoms with Crippen LogP contribution in [0, 0.1) is 0 Å². The number of aromatic nitrogens is 1. The molecule has 2 heterocycles. The molecular weight excluding hydrogens is 841 g/mol. The molecule has 0 aliphatic carbocycles. The van der Waals surface area contributed by atoms with Gasteiger partial charge in [0.05, 0.1) is 22.4 Å². The van der Waals surface area contributed by atoms with Crippen molar-refractivity contribution in [2.45, 2.75) is 0 Å². The Kier molecular flexibility index (Phi) is 9.51. The van der Waals surface area contributed by atoms with Gasteiger partial charge >= 0.3 is 0 Å². The number of benzene rings is 11. The summed E-state index contributed by atoms with van der Waals surface area (Å²) in [5.74, 6) is 0. The van der Waals surface area contributed by atoms with Crippen molar-refractivity contribution in [3.8, 4) is 16.8 Å². The summed E-state index contributed by atoms with van der Waals surface area (Å²) in [7, 11) is -2.78. The highest BCUT2D eigenvalue weighted by Crippen LogP contribution is 2.47. The maximum Gasteiger partial charge on any atom is 0.179 e. The molecule has 13 aromatic rings. The first kappa shape index (κ1) is 39.6. The lowest BCUT2D eigenvalue weighted by molar-refractivity contribution is 0.669. The maximum absolute atomic E-state index is 6.42. The van der Waals surface area contributed by atoms with Crippen molar-refractivity contribution >= 4 is 100 Å². The Balaban J connectivity index is 1.09. The second kappa shape index (κ2) is 16.3. The molecule has 0 aliphatic rings. The molecule has 0 fully saturated rings. The lowest BCUT2D eigenvalue weighted by Gasteiger charge is -2.35. The van der Waals surface area contributed by atoms with E-state index in [0.29, 0.717) is 0 Å². The second-order valence-electron chi connectivity index (χ2n) is 17.6. The number of nitrogens with zero attached hydrogens (tertiary/aromatic N) is 2. The van der Waals surface area contributed by atoms with Crippen molar-refractivity contribution in [3.63, 3.8) is 0 Å². The van der Waals surface area contributed by atoms with Crippen LogP contribution < -0.4 is 25.6 Å². The summed E-state index contributed by atoms with van der Waals surface area (Å²) in [5, 5.41) is 12.3. The summed E-state index contributed by atoms with van der Waals surface area (Å²) >= 11 is 0. The summed E-state index contributed by atoms with van der Waals surface area (Å²) in [4.78, 5) is 2.46. The van der Waals surface area contributed by atoms with Crippen LogP contribution in [0.4, 0.5) is 17.1 Å². The third kappa shape index (κ3) is 6.26. The standard InChI is InChI=1S/C64H44N2OSi/c1-5-20-45(21-6-1)54-42-36-46-22-13-14-29-53(46)64(54)66-58-32-17-15-31-56(58)63-59(33-19-34-60(63)66)65(48-39-43-62-57(44-48)55-30-16-18-35-61(55)67-62)47-37-40-52(41-38-47)68(49-23-7-2-8-24-49,50-25-9-3-10-26-50)51-27-11-4-12-28-51/h1-44H. The largest absolute Gasteiger partial charge is 0.456 e. The van der Waals surface area contributed by atoms with E-state index in [1.54, 1.807) is 0 Å². The molecule has 3 nitrogen and oxygen atoms in total. The van der Waals surface area contributed by atoms with Crippen molar-refractivity contribution < 1.29 is 4.42 Å². The van der Waals surface area contributed by atoms with Gasteiger partial charge in [0.1, 0.15) is 11.2 Å². The predicted molar refractivity (Wildman–Crippen MR) is 289 cm³/mol. The van der Waals surface area contributed by atoms with Gasteiger partial charge in [0.2, 0.25) is 0 Å². The van der Waals surface area contributed by atoms with Gasteiger partial charge in [0.15, 0.2) is 8.07 Å². The Bertz CT molecular complexity index is 3860. The Morgan fingerprint density at radius 3 is 1.57 bits per heavy atom. The molecule has 0 saturated heterocycles. The highest BCUT2D eigenvalue weighted by Gasteiger charge is 2.41. The molecule has 0 unspecified atom stereocenters. The van der Waals surface area contributed by atoms with Crippen LogP contribution in [0.3, 0.4) is 0 Å². The highest BCUT2D eigenvalue weighted by molar-refractivity contribution is 7.19. The molecule has 0 N–H and O–H groups in total. The fourth-order valence-corrected chi connectivity index (χ4v) is 15.7. The Labute approximate surface area is 396 Å². The van der Waals surface area contributed by atoms with Crippen LogP contribution in [0.1, 0.15) is 0 Å². The van der Waals surface area contributed by atoms with Gasteiger partial charge in [0.25, 0.3) is 0 Å². The lowest BCUT2D eigenvalue weighted by atomic mass is 9.98. The van der Waals surface area contributed by atoms with Crippen molar-refractivity contribution in [1.29, 1.82) is 0 Å². The van der Waals surface area contributed by atoms with Crippen LogP contribution in [0.15, 0.2) is 271 Å². The third-order valence-electron chi connectivity index (χ3n) is 13.9. The van der Waals surface area contributed by atoms with Crippen LogP contribution in [-0.4, -0.2) is 12.6 Å². The zero-order valence-corrected chi connectivity index (χ0v) is 38.2. The molecule has 68 heavy (non-hydrogen) atoms. The van der Waals surface area contributed by atoms with Gasteiger partial charge in [-0.05, 0) is 86.3 Å². The second-order valence-corrected chi connectivity index (χ2v) is 21.4. The minimum atomic E-state index is -2.78. The van der Waals surface area contributed by atoms with E-state index in [-0.39, 0.29) is 0 Å². The average molecular weight is 885 g/mol. The molecule has 0 spiro atoms. The zero-order chi connectivity index (χ0) is 45.0. The molecule has 0 radical (unpaired) electrons. The van der Waals surface area contributed by atoms with Gasteiger partial charge in [-0.25, -0.2) is 0 Å². The topological polar surface area (TPSA) is 21.3 Å². The number of hydrogen-bond acceptors (Lipinski definition) is 2. The third-order valence-corrected chi connectivity index (χ3v) is 18.7. The van der Waals surface area contributed by atoms with Crippen LogP contribution >= 0.6 is 0 Å². The molecule has 320 valence electrons. The van der Waals surface area contributed by atoms with E-state index in [4.69, 9.17) is 4.42 Å². The molecule has 0 amide bonds. The summed E-state index contributed by atoms with van der Waals surface area (Å²) < 4.78 is 8.93. The summed E-state index contributed by atoms with van der Waals surface area (Å²) in [6, 6.07) is 97.8. The normalized spacial score (nSPS) is 11.8. The summed E-state index contributed by atoms with van der Waals surface area (Å²) in [6.07, 6.45) is 0. The molecule has 0 bridgehead atoms. The first-order valence-corrected chi connectivity index (χ1v) is 25.3. The molecule has 2 aromatic heterocycles. The number of fused-ring (bicyclic) bond motifs is 7. The van der Waals surface area contributed by atoms with Gasteiger partial charge in [-0.3, -0.25) is 0 Å². The van der Waals surface area contributed by atoms with E-state index in [2.05, 4.69) is 270 Å². The number of furan rings is 1. The van der Waals surface area contributed by atoms with Gasteiger partial charge in [-0.15, -0.1) is 0 Å². The van der Waals surface area contributed by atoms with E-state index in [1.807, 2.05) is 6.07 Å². The number of anilines is 3. The minimum Gasteiger partial charge on any atom is -0.456 e. The molecule has 0 aliphatic heterocycles. The van der Waals surface area contributed by atoms with Crippen molar-refractivity contribution in [2.24, 2.45) is 0 Å². The van der Waals surface area contributed by atoms with Gasteiger partial charge in [0, 0.05) is 43.9 Å². The van der Waals surface area contributed by atoms with Crippen LogP contribution in [0.5, 0.6) is 0 Å². The smallest absolute Gasteiger partial charge is 0.179 e. The highest BCUT2D eigenvalue weighted by atomic mass is 28.3. The van der Waals surface area contributed by atoms with E-state index in [0.717, 1.165) is 50.0 Å². The molecular formula is C64H44N2OSi. The number of rotatable bonds is 9. The van der Waals surface area contributed by atoms with Gasteiger partial charge in [-0.2, -0.15) is 0 Å². The molecule has 0 saturated carbocycles. The van der Waals surface area contributed by atoms with E-state index < -0.39 is 8.07 Å². The van der Waals surface area contributed by atoms with Gasteiger partial charge < -0.3 is 13.9 Å². The Morgan fingerprint density at radius 2 is 0.882 bits per heavy atom. The fourth-order valence-electron chi connectivity index (χ4n) is 11.0. The first-order valence-electron chi connectivity index (χ1n) is 23.3. The molecule has 4 heteroatoms. The van der Waals surface area contributed by atoms with E-state index in [9.17, 15) is 0 Å². The average Bonchev–Trinajstić information content (AvgIpc) is 3.96.